The predicted molar refractivity (Wildman–Crippen MR) is 111 cm³/mol. The van der Waals surface area contributed by atoms with Crippen LogP contribution in [0.4, 0.5) is 0 Å². The van der Waals surface area contributed by atoms with Crippen molar-refractivity contribution in [2.24, 2.45) is 0 Å². The van der Waals surface area contributed by atoms with Gasteiger partial charge in [-0.3, -0.25) is 14.7 Å². The van der Waals surface area contributed by atoms with Crippen molar-refractivity contribution in [1.82, 2.24) is 19.1 Å². The lowest BCUT2D eigenvalue weighted by Gasteiger charge is -2.34. The predicted octanol–water partition coefficient (Wildman–Crippen LogP) is 1.06. The molecule has 1 aromatic heterocycles. The lowest BCUT2D eigenvalue weighted by Crippen LogP contribution is -2.48. The third kappa shape index (κ3) is 4.70. The van der Waals surface area contributed by atoms with Crippen LogP contribution in [0.5, 0.6) is 0 Å². The highest BCUT2D eigenvalue weighted by Crippen LogP contribution is 2.19. The van der Waals surface area contributed by atoms with Gasteiger partial charge in [0.25, 0.3) is 5.91 Å². The van der Waals surface area contributed by atoms with Gasteiger partial charge in [-0.2, -0.15) is 4.31 Å². The first-order chi connectivity index (χ1) is 14.5. The summed E-state index contributed by atoms with van der Waals surface area (Å²) < 4.78 is 32.1. The van der Waals surface area contributed by atoms with Gasteiger partial charge < -0.3 is 9.64 Å². The monoisotopic (exact) mass is 430 g/mol. The van der Waals surface area contributed by atoms with Crippen LogP contribution in [-0.4, -0.2) is 85.9 Å². The van der Waals surface area contributed by atoms with Gasteiger partial charge in [0.15, 0.2) is 0 Å². The smallest absolute Gasteiger partial charge is 0.253 e. The van der Waals surface area contributed by atoms with Crippen LogP contribution in [0.1, 0.15) is 15.9 Å². The first-order valence-corrected chi connectivity index (χ1v) is 11.6. The summed E-state index contributed by atoms with van der Waals surface area (Å²) in [6.45, 7) is 5.22. The Bertz CT molecular complexity index is 952. The maximum absolute atomic E-state index is 12.8. The number of aromatic nitrogens is 1. The van der Waals surface area contributed by atoms with Gasteiger partial charge in [0.2, 0.25) is 10.0 Å². The molecule has 160 valence electrons. The molecule has 0 atom stereocenters. The van der Waals surface area contributed by atoms with Gasteiger partial charge in [-0.25, -0.2) is 8.42 Å². The fraction of sp³-hybridized carbons (Fsp3) is 0.429. The highest BCUT2D eigenvalue weighted by Gasteiger charge is 2.27. The Morgan fingerprint density at radius 3 is 2.30 bits per heavy atom. The van der Waals surface area contributed by atoms with Crippen LogP contribution < -0.4 is 0 Å². The molecule has 2 aromatic rings. The third-order valence-electron chi connectivity index (χ3n) is 5.50. The van der Waals surface area contributed by atoms with E-state index in [2.05, 4.69) is 16.0 Å². The molecule has 2 saturated heterocycles. The Morgan fingerprint density at radius 1 is 0.967 bits per heavy atom. The second kappa shape index (κ2) is 9.22. The van der Waals surface area contributed by atoms with Crippen molar-refractivity contribution >= 4 is 15.9 Å². The van der Waals surface area contributed by atoms with E-state index in [1.54, 1.807) is 18.3 Å². The third-order valence-corrected chi connectivity index (χ3v) is 7.41. The molecule has 30 heavy (non-hydrogen) atoms. The molecule has 2 aliphatic heterocycles. The summed E-state index contributed by atoms with van der Waals surface area (Å²) in [5.41, 5.74) is 1.67. The number of morpholine rings is 1. The maximum atomic E-state index is 12.8. The summed E-state index contributed by atoms with van der Waals surface area (Å²) in [5, 5.41) is 0. The molecule has 0 bridgehead atoms. The molecule has 2 fully saturated rings. The van der Waals surface area contributed by atoms with Crippen LogP contribution in [0.3, 0.4) is 0 Å². The molecule has 4 rings (SSSR count). The highest BCUT2D eigenvalue weighted by atomic mass is 32.2. The lowest BCUT2D eigenvalue weighted by atomic mass is 10.1. The number of hydrogen-bond donors (Lipinski definition) is 0. The van der Waals surface area contributed by atoms with Gasteiger partial charge in [-0.05, 0) is 35.9 Å². The summed E-state index contributed by atoms with van der Waals surface area (Å²) in [7, 11) is -3.55. The lowest BCUT2D eigenvalue weighted by molar-refractivity contribution is 0.0628. The molecular weight excluding hydrogens is 404 g/mol. The van der Waals surface area contributed by atoms with Crippen LogP contribution in [-0.2, 0) is 21.3 Å². The second-order valence-electron chi connectivity index (χ2n) is 7.47. The number of amides is 1. The quantitative estimate of drug-likeness (QED) is 0.706. The van der Waals surface area contributed by atoms with E-state index in [1.165, 1.54) is 16.4 Å². The topological polar surface area (TPSA) is 83.0 Å². The minimum Gasteiger partial charge on any atom is -0.379 e. The first-order valence-electron chi connectivity index (χ1n) is 10.1. The molecule has 9 heteroatoms. The zero-order valence-corrected chi connectivity index (χ0v) is 17.6. The molecule has 0 spiro atoms. The van der Waals surface area contributed by atoms with Crippen LogP contribution in [0.2, 0.25) is 0 Å². The second-order valence-corrected chi connectivity index (χ2v) is 9.41. The Balaban J connectivity index is 1.35. The number of nitrogens with zero attached hydrogens (tertiary/aromatic N) is 4. The van der Waals surface area contributed by atoms with E-state index < -0.39 is 10.0 Å². The molecule has 0 aliphatic carbocycles. The van der Waals surface area contributed by atoms with Gasteiger partial charge >= 0.3 is 0 Å². The Labute approximate surface area is 177 Å². The van der Waals surface area contributed by atoms with E-state index in [0.717, 1.165) is 25.2 Å². The van der Waals surface area contributed by atoms with Crippen LogP contribution in [0.15, 0.2) is 53.7 Å². The molecule has 8 nitrogen and oxygen atoms in total. The van der Waals surface area contributed by atoms with E-state index in [9.17, 15) is 13.2 Å². The molecule has 2 aliphatic rings. The fourth-order valence-electron chi connectivity index (χ4n) is 3.75. The van der Waals surface area contributed by atoms with Crippen LogP contribution in [0.25, 0.3) is 0 Å². The minimum absolute atomic E-state index is 0.0636. The minimum atomic E-state index is -3.55. The van der Waals surface area contributed by atoms with Crippen LogP contribution >= 0.6 is 0 Å². The molecule has 0 radical (unpaired) electrons. The van der Waals surface area contributed by atoms with E-state index in [0.29, 0.717) is 45.0 Å². The highest BCUT2D eigenvalue weighted by molar-refractivity contribution is 7.89. The van der Waals surface area contributed by atoms with Crippen molar-refractivity contribution in [2.75, 3.05) is 52.5 Å². The molecule has 0 unspecified atom stereocenters. The van der Waals surface area contributed by atoms with Gasteiger partial charge in [0, 0.05) is 63.8 Å². The zero-order chi connectivity index (χ0) is 21.0. The van der Waals surface area contributed by atoms with E-state index >= 15 is 0 Å². The Kier molecular flexibility index (Phi) is 6.43. The van der Waals surface area contributed by atoms with Crippen molar-refractivity contribution in [3.8, 4) is 0 Å². The van der Waals surface area contributed by atoms with Gasteiger partial charge in [0.1, 0.15) is 0 Å². The number of benzene rings is 1. The maximum Gasteiger partial charge on any atom is 0.253 e. The first kappa shape index (κ1) is 20.9. The van der Waals surface area contributed by atoms with Crippen molar-refractivity contribution in [3.63, 3.8) is 0 Å². The number of carbonyl (C=O) groups is 1. The van der Waals surface area contributed by atoms with Crippen molar-refractivity contribution in [3.05, 3.63) is 59.9 Å². The van der Waals surface area contributed by atoms with E-state index in [4.69, 9.17) is 4.74 Å². The molecule has 3 heterocycles. The number of pyridine rings is 1. The zero-order valence-electron chi connectivity index (χ0n) is 16.8. The Morgan fingerprint density at radius 2 is 1.67 bits per heavy atom. The summed E-state index contributed by atoms with van der Waals surface area (Å²) in [6.07, 6.45) is 3.63. The normalized spacial score (nSPS) is 19.0. The standard InChI is InChI=1S/C21H26N4O4S/c26-21(24-10-8-23(9-11-24)17-18-2-1-7-22-16-18)19-3-5-20(6-4-19)30(27,28)25-12-14-29-15-13-25/h1-7,16H,8-15,17H2. The average Bonchev–Trinajstić information content (AvgIpc) is 2.80. The molecular formula is C21H26N4O4S. The van der Waals surface area contributed by atoms with Crippen molar-refractivity contribution < 1.29 is 17.9 Å². The average molecular weight is 431 g/mol. The fourth-order valence-corrected chi connectivity index (χ4v) is 5.15. The number of ether oxygens (including phenoxy) is 1. The summed E-state index contributed by atoms with van der Waals surface area (Å²) in [6, 6.07) is 10.2. The van der Waals surface area contributed by atoms with Gasteiger partial charge in [-0.15, -0.1) is 0 Å². The molecule has 1 aromatic carbocycles. The van der Waals surface area contributed by atoms with Crippen LogP contribution in [0, 0.1) is 0 Å². The SMILES string of the molecule is O=C(c1ccc(S(=O)(=O)N2CCOCC2)cc1)N1CCN(Cc2cccnc2)CC1. The molecule has 0 N–H and O–H groups in total. The summed E-state index contributed by atoms with van der Waals surface area (Å²) in [4.78, 5) is 21.3. The summed E-state index contributed by atoms with van der Waals surface area (Å²) in [5.74, 6) is -0.0636. The van der Waals surface area contributed by atoms with Gasteiger partial charge in [-0.1, -0.05) is 6.07 Å². The number of hydrogen-bond acceptors (Lipinski definition) is 6. The number of rotatable bonds is 5. The van der Waals surface area contributed by atoms with Gasteiger partial charge in [0.05, 0.1) is 18.1 Å². The molecule has 1 amide bonds. The van der Waals surface area contributed by atoms with E-state index in [1.807, 2.05) is 17.2 Å². The van der Waals surface area contributed by atoms with Crippen molar-refractivity contribution in [1.29, 1.82) is 0 Å². The number of piperazine rings is 1. The summed E-state index contributed by atoms with van der Waals surface area (Å²) >= 11 is 0. The number of carbonyl (C=O) groups excluding carboxylic acids is 1. The largest absolute Gasteiger partial charge is 0.379 e. The Hall–Kier alpha value is -2.33. The van der Waals surface area contributed by atoms with Crippen molar-refractivity contribution in [2.45, 2.75) is 11.4 Å². The number of sulfonamides is 1. The molecule has 0 saturated carbocycles. The van der Waals surface area contributed by atoms with E-state index in [-0.39, 0.29) is 10.8 Å².